The van der Waals surface area contributed by atoms with Gasteiger partial charge in [-0.3, -0.25) is 0 Å². The maximum atomic E-state index is 11.8. The minimum Gasteiger partial charge on any atom is -0.461 e. The Balaban J connectivity index is 1.55. The highest BCUT2D eigenvalue weighted by Crippen LogP contribution is 2.18. The van der Waals surface area contributed by atoms with Crippen molar-refractivity contribution in [2.75, 3.05) is 6.61 Å². The molecule has 1 aliphatic heterocycles. The summed E-state index contributed by atoms with van der Waals surface area (Å²) in [7, 11) is 0. The molecule has 4 nitrogen and oxygen atoms in total. The lowest BCUT2D eigenvalue weighted by Crippen LogP contribution is -2.32. The second kappa shape index (κ2) is 7.20. The van der Waals surface area contributed by atoms with Gasteiger partial charge in [0.1, 0.15) is 12.7 Å². The summed E-state index contributed by atoms with van der Waals surface area (Å²) < 4.78 is 16.6. The number of ether oxygens (including phenoxy) is 3. The molecule has 0 bridgehead atoms. The summed E-state index contributed by atoms with van der Waals surface area (Å²) in [5, 5.41) is 0. The highest BCUT2D eigenvalue weighted by atomic mass is 16.6. The fourth-order valence-corrected chi connectivity index (χ4v) is 2.33. The lowest BCUT2D eigenvalue weighted by Gasteiger charge is -2.17. The number of hydrogen-bond acceptors (Lipinski definition) is 4. The summed E-state index contributed by atoms with van der Waals surface area (Å²) in [5.41, 5.74) is 2.08. The van der Waals surface area contributed by atoms with Crippen LogP contribution in [0.25, 0.3) is 0 Å². The maximum absolute atomic E-state index is 11.8. The normalized spacial score (nSPS) is 20.8. The van der Waals surface area contributed by atoms with Crippen molar-refractivity contribution >= 4 is 5.97 Å². The van der Waals surface area contributed by atoms with E-state index in [4.69, 9.17) is 14.2 Å². The average Bonchev–Trinajstić information content (AvgIpc) is 2.93. The summed E-state index contributed by atoms with van der Waals surface area (Å²) in [5.74, 6) is -0.353. The molecular formula is C18H18O4. The van der Waals surface area contributed by atoms with E-state index in [2.05, 4.69) is 0 Å². The van der Waals surface area contributed by atoms with Gasteiger partial charge in [-0.25, -0.2) is 4.79 Å². The number of carbonyl (C=O) groups excluding carboxylic acids is 1. The van der Waals surface area contributed by atoms with Crippen molar-refractivity contribution in [3.63, 3.8) is 0 Å². The van der Waals surface area contributed by atoms with Crippen LogP contribution in [0.2, 0.25) is 0 Å². The van der Waals surface area contributed by atoms with Crippen LogP contribution in [-0.4, -0.2) is 24.8 Å². The van der Waals surface area contributed by atoms with E-state index < -0.39 is 6.10 Å². The molecule has 1 fully saturated rings. The number of hydrogen-bond donors (Lipinski definition) is 0. The van der Waals surface area contributed by atoms with Gasteiger partial charge in [0.15, 0.2) is 6.10 Å². The highest BCUT2D eigenvalue weighted by molar-refractivity contribution is 5.77. The third kappa shape index (κ3) is 3.72. The van der Waals surface area contributed by atoms with Crippen molar-refractivity contribution in [1.29, 1.82) is 0 Å². The van der Waals surface area contributed by atoms with Crippen molar-refractivity contribution < 1.29 is 19.0 Å². The van der Waals surface area contributed by atoms with Gasteiger partial charge in [-0.15, -0.1) is 0 Å². The molecule has 3 rings (SSSR count). The van der Waals surface area contributed by atoms with Gasteiger partial charge >= 0.3 is 5.97 Å². The average molecular weight is 298 g/mol. The number of cyclic esters (lactones) is 1. The van der Waals surface area contributed by atoms with E-state index in [0.717, 1.165) is 11.1 Å². The first-order chi connectivity index (χ1) is 10.8. The van der Waals surface area contributed by atoms with Crippen LogP contribution in [0.1, 0.15) is 11.1 Å². The molecular weight excluding hydrogens is 280 g/mol. The third-order valence-electron chi connectivity index (χ3n) is 3.54. The van der Waals surface area contributed by atoms with Crippen LogP contribution in [0.3, 0.4) is 0 Å². The predicted molar refractivity (Wildman–Crippen MR) is 81.0 cm³/mol. The molecule has 2 aromatic carbocycles. The van der Waals surface area contributed by atoms with Gasteiger partial charge in [-0.2, -0.15) is 0 Å². The first-order valence-corrected chi connectivity index (χ1v) is 7.30. The van der Waals surface area contributed by atoms with E-state index in [1.165, 1.54) is 0 Å². The first kappa shape index (κ1) is 14.8. The zero-order valence-electron chi connectivity index (χ0n) is 12.2. The van der Waals surface area contributed by atoms with Crippen molar-refractivity contribution in [3.8, 4) is 0 Å². The molecule has 0 amide bonds. The smallest absolute Gasteiger partial charge is 0.338 e. The second-order valence-electron chi connectivity index (χ2n) is 5.18. The zero-order valence-corrected chi connectivity index (χ0v) is 12.2. The molecule has 1 heterocycles. The Morgan fingerprint density at radius 3 is 2.00 bits per heavy atom. The zero-order chi connectivity index (χ0) is 15.2. The minimum atomic E-state index is -0.663. The SMILES string of the molecule is O=C1OC[C@@H](OCc2ccccc2)[C@H]1OCc1ccccc1. The molecule has 22 heavy (non-hydrogen) atoms. The topological polar surface area (TPSA) is 44.8 Å². The number of carbonyl (C=O) groups is 1. The first-order valence-electron chi connectivity index (χ1n) is 7.30. The Morgan fingerprint density at radius 2 is 1.41 bits per heavy atom. The standard InChI is InChI=1S/C18H18O4/c19-18-17(21-12-15-9-5-2-6-10-15)16(13-22-18)20-11-14-7-3-1-4-8-14/h1-10,16-17H,11-13H2/t16-,17-/m1/s1. The van der Waals surface area contributed by atoms with Crippen LogP contribution in [0.15, 0.2) is 60.7 Å². The molecule has 0 N–H and O–H groups in total. The van der Waals surface area contributed by atoms with E-state index in [1.54, 1.807) is 0 Å². The Morgan fingerprint density at radius 1 is 0.864 bits per heavy atom. The second-order valence-corrected chi connectivity index (χ2v) is 5.18. The molecule has 4 heteroatoms. The molecule has 2 aromatic rings. The van der Waals surface area contributed by atoms with Crippen molar-refractivity contribution in [2.24, 2.45) is 0 Å². The molecule has 0 radical (unpaired) electrons. The summed E-state index contributed by atoms with van der Waals surface area (Å²) in [6, 6.07) is 19.6. The van der Waals surface area contributed by atoms with Gasteiger partial charge in [-0.1, -0.05) is 60.7 Å². The maximum Gasteiger partial charge on any atom is 0.338 e. The van der Waals surface area contributed by atoms with Gasteiger partial charge in [0.2, 0.25) is 0 Å². The number of rotatable bonds is 6. The van der Waals surface area contributed by atoms with Gasteiger partial charge in [0.25, 0.3) is 0 Å². The lowest BCUT2D eigenvalue weighted by molar-refractivity contribution is -0.150. The number of esters is 1. The minimum absolute atomic E-state index is 0.241. The summed E-state index contributed by atoms with van der Waals surface area (Å²) in [6.45, 7) is 1.05. The molecule has 2 atom stereocenters. The molecule has 1 aliphatic rings. The van der Waals surface area contributed by atoms with E-state index in [-0.39, 0.29) is 18.7 Å². The summed E-state index contributed by atoms with van der Waals surface area (Å²) in [6.07, 6.45) is -1.03. The Kier molecular flexibility index (Phi) is 4.83. The fraction of sp³-hybridized carbons (Fsp3) is 0.278. The van der Waals surface area contributed by atoms with Crippen molar-refractivity contribution in [3.05, 3.63) is 71.8 Å². The molecule has 0 aromatic heterocycles. The molecule has 0 spiro atoms. The van der Waals surface area contributed by atoms with Gasteiger partial charge in [0, 0.05) is 0 Å². The van der Waals surface area contributed by atoms with Crippen LogP contribution in [0, 0.1) is 0 Å². The lowest BCUT2D eigenvalue weighted by atomic mass is 10.2. The van der Waals surface area contributed by atoms with Crippen LogP contribution in [0.5, 0.6) is 0 Å². The molecule has 0 unspecified atom stereocenters. The fourth-order valence-electron chi connectivity index (χ4n) is 2.33. The summed E-state index contributed by atoms with van der Waals surface area (Å²) in [4.78, 5) is 11.8. The molecule has 1 saturated heterocycles. The molecule has 114 valence electrons. The van der Waals surface area contributed by atoms with Crippen LogP contribution in [-0.2, 0) is 32.2 Å². The van der Waals surface area contributed by atoms with E-state index in [9.17, 15) is 4.79 Å². The Labute approximate surface area is 129 Å². The van der Waals surface area contributed by atoms with E-state index >= 15 is 0 Å². The van der Waals surface area contributed by atoms with Crippen molar-refractivity contribution in [2.45, 2.75) is 25.4 Å². The van der Waals surface area contributed by atoms with Gasteiger partial charge < -0.3 is 14.2 Å². The van der Waals surface area contributed by atoms with E-state index in [1.807, 2.05) is 60.7 Å². The monoisotopic (exact) mass is 298 g/mol. The van der Waals surface area contributed by atoms with E-state index in [0.29, 0.717) is 13.2 Å². The predicted octanol–water partition coefficient (Wildman–Crippen LogP) is 2.71. The number of benzene rings is 2. The van der Waals surface area contributed by atoms with Crippen LogP contribution in [0.4, 0.5) is 0 Å². The Hall–Kier alpha value is -2.17. The molecule has 0 saturated carbocycles. The highest BCUT2D eigenvalue weighted by Gasteiger charge is 2.38. The van der Waals surface area contributed by atoms with Crippen LogP contribution >= 0.6 is 0 Å². The largest absolute Gasteiger partial charge is 0.461 e. The van der Waals surface area contributed by atoms with Crippen molar-refractivity contribution in [1.82, 2.24) is 0 Å². The quantitative estimate of drug-likeness (QED) is 0.769. The Bertz CT molecular complexity index is 597. The van der Waals surface area contributed by atoms with Crippen LogP contribution < -0.4 is 0 Å². The van der Waals surface area contributed by atoms with Gasteiger partial charge in [0.05, 0.1) is 13.2 Å². The third-order valence-corrected chi connectivity index (χ3v) is 3.54. The summed E-state index contributed by atoms with van der Waals surface area (Å²) >= 11 is 0. The molecule has 0 aliphatic carbocycles. The van der Waals surface area contributed by atoms with Gasteiger partial charge in [-0.05, 0) is 11.1 Å².